The lowest BCUT2D eigenvalue weighted by molar-refractivity contribution is -0.116. The highest BCUT2D eigenvalue weighted by Gasteiger charge is 2.21. The molecule has 180 valence electrons. The van der Waals surface area contributed by atoms with Gasteiger partial charge in [-0.1, -0.05) is 6.07 Å². The van der Waals surface area contributed by atoms with Gasteiger partial charge in [0.15, 0.2) is 11.5 Å². The lowest BCUT2D eigenvalue weighted by atomic mass is 10.0. The van der Waals surface area contributed by atoms with Gasteiger partial charge in [-0.25, -0.2) is 9.07 Å². The van der Waals surface area contributed by atoms with E-state index in [0.717, 1.165) is 16.6 Å². The minimum Gasteiger partial charge on any atom is -0.486 e. The standard InChI is InChI=1S/C26H25FN4O4/c1-15-20(8-10-23(32)28-18-7-9-21-22(14-18)35-12-11-34-21)26(33)30(3)25-24(15)16(2)29-31(25)19-6-4-5-17(27)13-19/h4-7,9,13-14H,8,10-12H2,1-3H3,(H,28,32). The molecule has 0 saturated heterocycles. The van der Waals surface area contributed by atoms with Crippen molar-refractivity contribution in [3.63, 3.8) is 0 Å². The molecule has 3 heterocycles. The van der Waals surface area contributed by atoms with E-state index in [-0.39, 0.29) is 30.1 Å². The number of benzene rings is 2. The molecule has 5 rings (SSSR count). The van der Waals surface area contributed by atoms with Crippen molar-refractivity contribution in [2.45, 2.75) is 26.7 Å². The van der Waals surface area contributed by atoms with Gasteiger partial charge in [0.25, 0.3) is 5.56 Å². The number of carbonyl (C=O) groups excluding carboxylic acids is 1. The van der Waals surface area contributed by atoms with Gasteiger partial charge in [-0.2, -0.15) is 5.10 Å². The molecule has 1 amide bonds. The normalized spacial score (nSPS) is 12.7. The second-order valence-electron chi connectivity index (χ2n) is 8.55. The minimum absolute atomic E-state index is 0.132. The number of pyridine rings is 1. The molecule has 0 saturated carbocycles. The number of nitrogens with zero attached hydrogens (tertiary/aromatic N) is 3. The minimum atomic E-state index is -0.383. The van der Waals surface area contributed by atoms with E-state index in [9.17, 15) is 14.0 Å². The summed E-state index contributed by atoms with van der Waals surface area (Å²) in [6.07, 6.45) is 0.405. The molecule has 2 aromatic heterocycles. The van der Waals surface area contributed by atoms with Gasteiger partial charge in [0.05, 0.1) is 11.4 Å². The lowest BCUT2D eigenvalue weighted by Crippen LogP contribution is -2.25. The highest BCUT2D eigenvalue weighted by Crippen LogP contribution is 2.32. The first-order chi connectivity index (χ1) is 16.8. The zero-order valence-electron chi connectivity index (χ0n) is 19.7. The number of ether oxygens (including phenoxy) is 2. The summed E-state index contributed by atoms with van der Waals surface area (Å²) in [5.41, 5.74) is 3.56. The molecule has 9 heteroatoms. The zero-order chi connectivity index (χ0) is 24.7. The zero-order valence-corrected chi connectivity index (χ0v) is 19.7. The van der Waals surface area contributed by atoms with E-state index in [1.807, 2.05) is 13.8 Å². The molecular formula is C26H25FN4O4. The van der Waals surface area contributed by atoms with Gasteiger partial charge in [0.2, 0.25) is 5.91 Å². The molecule has 1 N–H and O–H groups in total. The van der Waals surface area contributed by atoms with Crippen LogP contribution in [0.2, 0.25) is 0 Å². The third-order valence-corrected chi connectivity index (χ3v) is 6.22. The van der Waals surface area contributed by atoms with E-state index in [0.29, 0.717) is 47.3 Å². The van der Waals surface area contributed by atoms with Crippen LogP contribution in [0.25, 0.3) is 16.7 Å². The number of hydrogen-bond donors (Lipinski definition) is 1. The summed E-state index contributed by atoms with van der Waals surface area (Å²) in [6.45, 7) is 4.68. The van der Waals surface area contributed by atoms with E-state index >= 15 is 0 Å². The summed E-state index contributed by atoms with van der Waals surface area (Å²) in [7, 11) is 1.67. The fourth-order valence-corrected chi connectivity index (χ4v) is 4.54. The summed E-state index contributed by atoms with van der Waals surface area (Å²) < 4.78 is 28.0. The van der Waals surface area contributed by atoms with E-state index in [2.05, 4.69) is 10.4 Å². The first-order valence-corrected chi connectivity index (χ1v) is 11.4. The van der Waals surface area contributed by atoms with Crippen LogP contribution in [0.5, 0.6) is 11.5 Å². The van der Waals surface area contributed by atoms with Crippen LogP contribution in [0.4, 0.5) is 10.1 Å². The van der Waals surface area contributed by atoms with Crippen LogP contribution < -0.4 is 20.3 Å². The van der Waals surface area contributed by atoms with Crippen molar-refractivity contribution in [1.82, 2.24) is 14.3 Å². The maximum absolute atomic E-state index is 13.8. The second kappa shape index (κ2) is 8.90. The molecule has 0 aliphatic carbocycles. The maximum atomic E-state index is 13.8. The monoisotopic (exact) mass is 476 g/mol. The van der Waals surface area contributed by atoms with Crippen LogP contribution in [0.1, 0.15) is 23.2 Å². The molecule has 0 radical (unpaired) electrons. The predicted octanol–water partition coefficient (Wildman–Crippen LogP) is 3.82. The summed E-state index contributed by atoms with van der Waals surface area (Å²) in [6, 6.07) is 11.3. The largest absolute Gasteiger partial charge is 0.486 e. The van der Waals surface area contributed by atoms with Crippen molar-refractivity contribution in [2.75, 3.05) is 18.5 Å². The number of carbonyl (C=O) groups is 1. The molecule has 2 aromatic carbocycles. The van der Waals surface area contributed by atoms with Crippen molar-refractivity contribution in [1.29, 1.82) is 0 Å². The number of aromatic nitrogens is 3. The predicted molar refractivity (Wildman–Crippen MR) is 130 cm³/mol. The average molecular weight is 477 g/mol. The summed E-state index contributed by atoms with van der Waals surface area (Å²) in [5.74, 6) is 0.646. The van der Waals surface area contributed by atoms with Crippen LogP contribution in [0.3, 0.4) is 0 Å². The Kier molecular flexibility index (Phi) is 5.76. The van der Waals surface area contributed by atoms with Crippen molar-refractivity contribution in [3.05, 3.63) is 75.5 Å². The maximum Gasteiger partial charge on any atom is 0.255 e. The average Bonchev–Trinajstić information content (AvgIpc) is 3.20. The van der Waals surface area contributed by atoms with Crippen molar-refractivity contribution < 1.29 is 18.7 Å². The molecule has 4 aromatic rings. The number of hydrogen-bond acceptors (Lipinski definition) is 5. The highest BCUT2D eigenvalue weighted by molar-refractivity contribution is 5.91. The molecule has 0 unspecified atom stereocenters. The Labute approximate surface area is 200 Å². The smallest absolute Gasteiger partial charge is 0.255 e. The van der Waals surface area contributed by atoms with E-state index in [1.165, 1.54) is 16.7 Å². The quantitative estimate of drug-likeness (QED) is 0.473. The molecule has 0 spiro atoms. The van der Waals surface area contributed by atoms with Gasteiger partial charge in [0, 0.05) is 36.2 Å². The first-order valence-electron chi connectivity index (χ1n) is 11.4. The van der Waals surface area contributed by atoms with Gasteiger partial charge < -0.3 is 14.8 Å². The topological polar surface area (TPSA) is 87.4 Å². The summed E-state index contributed by atoms with van der Waals surface area (Å²) in [5, 5.41) is 8.26. The van der Waals surface area contributed by atoms with Crippen molar-refractivity contribution in [3.8, 4) is 17.2 Å². The van der Waals surface area contributed by atoms with Crippen LogP contribution in [0.15, 0.2) is 47.3 Å². The lowest BCUT2D eigenvalue weighted by Gasteiger charge is -2.19. The van der Waals surface area contributed by atoms with Crippen LogP contribution in [-0.4, -0.2) is 33.5 Å². The van der Waals surface area contributed by atoms with Crippen LogP contribution >= 0.6 is 0 Å². The molecule has 35 heavy (non-hydrogen) atoms. The first kappa shape index (κ1) is 22.6. The second-order valence-corrected chi connectivity index (χ2v) is 8.55. The molecule has 1 aliphatic heterocycles. The molecule has 0 fully saturated rings. The van der Waals surface area contributed by atoms with Crippen molar-refractivity contribution >= 4 is 22.6 Å². The number of nitrogens with one attached hydrogen (secondary N) is 1. The molecule has 0 atom stereocenters. The number of amides is 1. The van der Waals surface area contributed by atoms with Crippen LogP contribution in [0, 0.1) is 19.7 Å². The van der Waals surface area contributed by atoms with Gasteiger partial charge >= 0.3 is 0 Å². The van der Waals surface area contributed by atoms with Crippen molar-refractivity contribution in [2.24, 2.45) is 7.05 Å². The molecular weight excluding hydrogens is 451 g/mol. The highest BCUT2D eigenvalue weighted by atomic mass is 19.1. The van der Waals surface area contributed by atoms with Gasteiger partial charge in [0.1, 0.15) is 24.7 Å². The van der Waals surface area contributed by atoms with Gasteiger partial charge in [-0.15, -0.1) is 0 Å². The Morgan fingerprint density at radius 3 is 2.66 bits per heavy atom. The Bertz CT molecular complexity index is 1520. The number of fused-ring (bicyclic) bond motifs is 2. The fourth-order valence-electron chi connectivity index (χ4n) is 4.54. The Balaban J connectivity index is 1.42. The fraction of sp³-hybridized carbons (Fsp3) is 0.269. The van der Waals surface area contributed by atoms with E-state index in [4.69, 9.17) is 9.47 Å². The number of anilines is 1. The van der Waals surface area contributed by atoms with E-state index < -0.39 is 0 Å². The summed E-state index contributed by atoms with van der Waals surface area (Å²) >= 11 is 0. The van der Waals surface area contributed by atoms with Crippen LogP contribution in [-0.2, 0) is 18.3 Å². The van der Waals surface area contributed by atoms with Gasteiger partial charge in [-0.05, 0) is 56.2 Å². The SMILES string of the molecule is Cc1nn(-c2cccc(F)c2)c2c1c(C)c(CCC(=O)Nc1ccc3c(c1)OCCO3)c(=O)n2C. The number of rotatable bonds is 5. The molecule has 0 bridgehead atoms. The third-order valence-electron chi connectivity index (χ3n) is 6.22. The van der Waals surface area contributed by atoms with Gasteiger partial charge in [-0.3, -0.25) is 14.2 Å². The summed E-state index contributed by atoms with van der Waals surface area (Å²) in [4.78, 5) is 25.9. The Morgan fingerprint density at radius 1 is 1.11 bits per heavy atom. The number of aryl methyl sites for hydroxylation is 3. The number of halogens is 1. The Morgan fingerprint density at radius 2 is 1.89 bits per heavy atom. The molecule has 8 nitrogen and oxygen atoms in total. The Hall–Kier alpha value is -4.14. The third kappa shape index (κ3) is 4.14. The van der Waals surface area contributed by atoms with E-state index in [1.54, 1.807) is 42.1 Å². The molecule has 1 aliphatic rings.